The van der Waals surface area contributed by atoms with E-state index in [9.17, 15) is 0 Å². The number of hydrogen-bond donors (Lipinski definition) is 1. The molecule has 3 N–H and O–H groups in total. The summed E-state index contributed by atoms with van der Waals surface area (Å²) in [5, 5.41) is 0. The SMILES string of the molecule is Cl.Cl.Cl.N.[LiH].[Zn]. The van der Waals surface area contributed by atoms with Crippen LogP contribution in [0.3, 0.4) is 0 Å². The van der Waals surface area contributed by atoms with Crippen molar-refractivity contribution >= 4 is 56.1 Å². The van der Waals surface area contributed by atoms with Crippen LogP contribution in [0.4, 0.5) is 0 Å². The van der Waals surface area contributed by atoms with Crippen LogP contribution >= 0.6 is 37.2 Å². The van der Waals surface area contributed by atoms with Crippen molar-refractivity contribution in [1.82, 2.24) is 6.15 Å². The molecular formula is H7Cl3LiNZn. The Morgan fingerprint density at radius 2 is 0.667 bits per heavy atom. The first-order valence-corrected chi connectivity index (χ1v) is 0. The number of rotatable bonds is 0. The second-order valence-electron chi connectivity index (χ2n) is 0. The minimum absolute atomic E-state index is 0. The van der Waals surface area contributed by atoms with Crippen molar-refractivity contribution in [2.45, 2.75) is 0 Å². The van der Waals surface area contributed by atoms with Gasteiger partial charge in [0.15, 0.2) is 0 Å². The van der Waals surface area contributed by atoms with E-state index >= 15 is 0 Å². The molecule has 36 valence electrons. The fourth-order valence-corrected chi connectivity index (χ4v) is 0. The molecule has 0 aliphatic rings. The van der Waals surface area contributed by atoms with E-state index in [1.54, 1.807) is 0 Å². The molecule has 0 aromatic heterocycles. The Labute approximate surface area is 81.1 Å². The molecule has 0 radical (unpaired) electrons. The van der Waals surface area contributed by atoms with Crippen LogP contribution in [0.2, 0.25) is 0 Å². The quantitative estimate of drug-likeness (QED) is 0.575. The van der Waals surface area contributed by atoms with E-state index in [0.29, 0.717) is 0 Å². The van der Waals surface area contributed by atoms with Crippen LogP contribution < -0.4 is 6.15 Å². The Kier molecular flexibility index (Phi) is 974. The third kappa shape index (κ3) is 36.7. The first kappa shape index (κ1) is 95.2. The zero-order valence-electron chi connectivity index (χ0n) is 2.64. The van der Waals surface area contributed by atoms with Gasteiger partial charge in [0.1, 0.15) is 0 Å². The van der Waals surface area contributed by atoms with E-state index < -0.39 is 0 Å². The standard InChI is InChI=1S/3ClH.Li.H3N.Zn.H/h3*1H;;1H3;;. The molecule has 0 aromatic rings. The van der Waals surface area contributed by atoms with Gasteiger partial charge in [-0.2, -0.15) is 0 Å². The Morgan fingerprint density at radius 1 is 0.667 bits per heavy atom. The monoisotopic (exact) mass is 197 g/mol. The van der Waals surface area contributed by atoms with Gasteiger partial charge in [-0.15, -0.1) is 37.2 Å². The number of halogens is 3. The van der Waals surface area contributed by atoms with Crippen molar-refractivity contribution in [1.29, 1.82) is 0 Å². The van der Waals surface area contributed by atoms with Crippen molar-refractivity contribution in [3.8, 4) is 0 Å². The zero-order chi connectivity index (χ0) is 0. The molecule has 1 nitrogen and oxygen atoms in total. The van der Waals surface area contributed by atoms with E-state index in [1.165, 1.54) is 0 Å². The molecule has 0 rings (SSSR count). The van der Waals surface area contributed by atoms with Crippen molar-refractivity contribution in [2.24, 2.45) is 0 Å². The smallest absolute Gasteiger partial charge is 0 e. The zero-order valence-corrected chi connectivity index (χ0v) is 8.06. The van der Waals surface area contributed by atoms with Crippen LogP contribution in [0.5, 0.6) is 0 Å². The second kappa shape index (κ2) is 61.4. The predicted molar refractivity (Wildman–Crippen MR) is 33.9 cm³/mol. The molecule has 0 aromatic carbocycles. The molecule has 0 spiro atoms. The molecule has 0 saturated heterocycles. The summed E-state index contributed by atoms with van der Waals surface area (Å²) < 4.78 is 0. The Morgan fingerprint density at radius 3 is 0.667 bits per heavy atom. The Hall–Kier alpha value is 2.05. The van der Waals surface area contributed by atoms with Crippen molar-refractivity contribution < 1.29 is 19.5 Å². The minimum atomic E-state index is 0. The van der Waals surface area contributed by atoms with E-state index in [0.717, 1.165) is 0 Å². The first-order valence-electron chi connectivity index (χ1n) is 0. The molecule has 0 heterocycles. The van der Waals surface area contributed by atoms with Gasteiger partial charge in [-0.1, -0.05) is 0 Å². The summed E-state index contributed by atoms with van der Waals surface area (Å²) >= 11 is 0. The predicted octanol–water partition coefficient (Wildman–Crippen LogP) is 0.776. The van der Waals surface area contributed by atoms with E-state index in [4.69, 9.17) is 0 Å². The maximum Gasteiger partial charge on any atom is 0 e. The van der Waals surface area contributed by atoms with Crippen molar-refractivity contribution in [3.05, 3.63) is 0 Å². The topological polar surface area (TPSA) is 35.0 Å². The van der Waals surface area contributed by atoms with E-state index in [2.05, 4.69) is 0 Å². The fraction of sp³-hybridized carbons (Fsp3) is 0. The minimum Gasteiger partial charge on any atom is 0 e. The Bertz CT molecular complexity index is 10.8. The van der Waals surface area contributed by atoms with Gasteiger partial charge in [0.25, 0.3) is 0 Å². The largest absolute Gasteiger partial charge is 0 e. The van der Waals surface area contributed by atoms with Gasteiger partial charge in [-0.25, -0.2) is 0 Å². The van der Waals surface area contributed by atoms with Gasteiger partial charge >= 0.3 is 18.9 Å². The van der Waals surface area contributed by atoms with Crippen LogP contribution in [0, 0.1) is 0 Å². The third-order valence-electron chi connectivity index (χ3n) is 0. The van der Waals surface area contributed by atoms with Gasteiger partial charge < -0.3 is 6.15 Å². The molecule has 6 heavy (non-hydrogen) atoms. The molecule has 6 heteroatoms. The average Bonchev–Trinajstić information content (AvgIpc) is 0. The van der Waals surface area contributed by atoms with Crippen LogP contribution in [0.15, 0.2) is 0 Å². The molecule has 0 aliphatic heterocycles. The summed E-state index contributed by atoms with van der Waals surface area (Å²) in [5.74, 6) is 0. The van der Waals surface area contributed by atoms with Gasteiger partial charge in [0.2, 0.25) is 0 Å². The molecule has 0 fully saturated rings. The summed E-state index contributed by atoms with van der Waals surface area (Å²) in [6, 6.07) is 0. The molecule has 0 atom stereocenters. The van der Waals surface area contributed by atoms with Crippen LogP contribution in [0.1, 0.15) is 0 Å². The van der Waals surface area contributed by atoms with Crippen LogP contribution in [-0.2, 0) is 19.5 Å². The van der Waals surface area contributed by atoms with Gasteiger partial charge in [-0.3, -0.25) is 0 Å². The summed E-state index contributed by atoms with van der Waals surface area (Å²) in [7, 11) is 0. The summed E-state index contributed by atoms with van der Waals surface area (Å²) in [6.07, 6.45) is 0. The van der Waals surface area contributed by atoms with Gasteiger partial charge in [-0.05, 0) is 0 Å². The molecule has 0 amide bonds. The number of hydrogen-bond acceptors (Lipinski definition) is 1. The summed E-state index contributed by atoms with van der Waals surface area (Å²) in [5.41, 5.74) is 0. The van der Waals surface area contributed by atoms with E-state index in [-0.39, 0.29) is 81.7 Å². The first-order chi connectivity index (χ1) is 0. The fourth-order valence-electron chi connectivity index (χ4n) is 0. The summed E-state index contributed by atoms with van der Waals surface area (Å²) in [6.45, 7) is 0. The Balaban J connectivity index is 0. The molecular weight excluding hydrogens is 193 g/mol. The molecule has 0 bridgehead atoms. The van der Waals surface area contributed by atoms with Crippen LogP contribution in [0.25, 0.3) is 0 Å². The maximum atomic E-state index is 0. The molecule has 0 unspecified atom stereocenters. The van der Waals surface area contributed by atoms with Crippen molar-refractivity contribution in [3.63, 3.8) is 0 Å². The summed E-state index contributed by atoms with van der Waals surface area (Å²) in [4.78, 5) is 0. The normalized spacial score (nSPS) is 0. The van der Waals surface area contributed by atoms with Gasteiger partial charge in [0, 0.05) is 19.5 Å². The van der Waals surface area contributed by atoms with Crippen LogP contribution in [-0.4, -0.2) is 18.9 Å². The average molecular weight is 200 g/mol. The second-order valence-corrected chi connectivity index (χ2v) is 0. The maximum absolute atomic E-state index is 0. The van der Waals surface area contributed by atoms with Crippen molar-refractivity contribution in [2.75, 3.05) is 0 Å². The van der Waals surface area contributed by atoms with E-state index in [1.807, 2.05) is 0 Å². The molecule has 0 aliphatic carbocycles. The molecule has 0 saturated carbocycles. The van der Waals surface area contributed by atoms with Gasteiger partial charge in [0.05, 0.1) is 0 Å². The third-order valence-corrected chi connectivity index (χ3v) is 0.